The van der Waals surface area contributed by atoms with Gasteiger partial charge in [0.15, 0.2) is 5.65 Å². The van der Waals surface area contributed by atoms with Crippen LogP contribution in [0.25, 0.3) is 11.2 Å². The van der Waals surface area contributed by atoms with Crippen LogP contribution >= 0.6 is 11.6 Å². The van der Waals surface area contributed by atoms with Gasteiger partial charge in [-0.25, -0.2) is 4.98 Å². The first-order chi connectivity index (χ1) is 9.83. The fraction of sp³-hybridized carbons (Fsp3) is 0.154. The number of benzene rings is 1. The summed E-state index contributed by atoms with van der Waals surface area (Å²) >= 11 is 5.80. The molecule has 0 bridgehead atoms. The van der Waals surface area contributed by atoms with Gasteiger partial charge in [0, 0.05) is 0 Å². The molecule has 0 aliphatic heterocycles. The van der Waals surface area contributed by atoms with Crippen LogP contribution in [0, 0.1) is 0 Å². The highest BCUT2D eigenvalue weighted by Crippen LogP contribution is 2.20. The van der Waals surface area contributed by atoms with Gasteiger partial charge >= 0.3 is 0 Å². The lowest BCUT2D eigenvalue weighted by Crippen LogP contribution is -2.10. The Morgan fingerprint density at radius 1 is 1.05 bits per heavy atom. The molecule has 0 unspecified atom stereocenters. The number of nitrogens with zero attached hydrogens (tertiary/aromatic N) is 3. The van der Waals surface area contributed by atoms with E-state index >= 15 is 0 Å². The van der Waals surface area contributed by atoms with E-state index < -0.39 is 0 Å². The average Bonchev–Trinajstić information content (AvgIpc) is 2.92. The molecule has 7 heteroatoms. The predicted octanol–water partition coefficient (Wildman–Crippen LogP) is 2.46. The van der Waals surface area contributed by atoms with Crippen LogP contribution in [0.3, 0.4) is 0 Å². The molecule has 1 aromatic carbocycles. The van der Waals surface area contributed by atoms with Gasteiger partial charge in [0.2, 0.25) is 11.2 Å². The summed E-state index contributed by atoms with van der Waals surface area (Å²) in [6, 6.07) is 9.52. The summed E-state index contributed by atoms with van der Waals surface area (Å²) in [5.41, 5.74) is 1.10. The van der Waals surface area contributed by atoms with E-state index in [0.29, 0.717) is 30.3 Å². The molecule has 0 radical (unpaired) electrons. The van der Waals surface area contributed by atoms with Crippen molar-refractivity contribution >= 4 is 22.8 Å². The number of halogens is 1. The van der Waals surface area contributed by atoms with Crippen LogP contribution in [0.1, 0.15) is 0 Å². The average molecular weight is 291 g/mol. The maximum atomic E-state index is 5.80. The molecule has 1 N–H and O–H groups in total. The van der Waals surface area contributed by atoms with E-state index in [1.54, 1.807) is 0 Å². The molecule has 0 saturated heterocycles. The standard InChI is InChI=1S/C13H11ClN4O2/c14-13-17-11-10(15-8-16-11)12(18-13)20-7-6-19-9-4-2-1-3-5-9/h1-5,8H,6-7H2,(H,15,16,17,18). The Morgan fingerprint density at radius 2 is 1.85 bits per heavy atom. The maximum Gasteiger partial charge on any atom is 0.244 e. The van der Waals surface area contributed by atoms with Crippen molar-refractivity contribution in [2.75, 3.05) is 13.2 Å². The molecule has 102 valence electrons. The van der Waals surface area contributed by atoms with Gasteiger partial charge in [-0.15, -0.1) is 0 Å². The molecule has 2 aromatic heterocycles. The van der Waals surface area contributed by atoms with E-state index in [1.165, 1.54) is 6.33 Å². The number of aromatic amines is 1. The molecule has 0 spiro atoms. The lowest BCUT2D eigenvalue weighted by molar-refractivity contribution is 0.213. The Kier molecular flexibility index (Phi) is 3.64. The maximum absolute atomic E-state index is 5.80. The number of para-hydroxylation sites is 1. The predicted molar refractivity (Wildman–Crippen MR) is 74.1 cm³/mol. The number of hydrogen-bond donors (Lipinski definition) is 1. The zero-order chi connectivity index (χ0) is 13.8. The van der Waals surface area contributed by atoms with Crippen molar-refractivity contribution in [3.63, 3.8) is 0 Å². The second-order valence-corrected chi connectivity index (χ2v) is 4.25. The fourth-order valence-electron chi connectivity index (χ4n) is 1.70. The highest BCUT2D eigenvalue weighted by molar-refractivity contribution is 6.28. The molecule has 0 atom stereocenters. The van der Waals surface area contributed by atoms with Crippen LogP contribution in [0.5, 0.6) is 11.6 Å². The van der Waals surface area contributed by atoms with E-state index in [2.05, 4.69) is 19.9 Å². The molecule has 20 heavy (non-hydrogen) atoms. The zero-order valence-electron chi connectivity index (χ0n) is 10.4. The minimum absolute atomic E-state index is 0.101. The minimum Gasteiger partial charge on any atom is -0.490 e. The third-order valence-corrected chi connectivity index (χ3v) is 2.73. The Bertz CT molecular complexity index is 702. The van der Waals surface area contributed by atoms with E-state index in [9.17, 15) is 0 Å². The quantitative estimate of drug-likeness (QED) is 0.577. The first-order valence-electron chi connectivity index (χ1n) is 6.00. The van der Waals surface area contributed by atoms with E-state index in [0.717, 1.165) is 5.75 Å². The Balaban J connectivity index is 1.61. The Labute approximate surface area is 119 Å². The molecule has 0 fully saturated rings. The summed E-state index contributed by atoms with van der Waals surface area (Å²) in [4.78, 5) is 14.9. The van der Waals surface area contributed by atoms with Gasteiger partial charge in [-0.2, -0.15) is 9.97 Å². The van der Waals surface area contributed by atoms with Gasteiger partial charge in [0.05, 0.1) is 6.33 Å². The molecule has 3 aromatic rings. The number of fused-ring (bicyclic) bond motifs is 1. The molecule has 6 nitrogen and oxygen atoms in total. The van der Waals surface area contributed by atoms with Crippen LogP contribution in [0.2, 0.25) is 5.28 Å². The van der Waals surface area contributed by atoms with Gasteiger partial charge in [-0.05, 0) is 23.7 Å². The van der Waals surface area contributed by atoms with Crippen molar-refractivity contribution in [3.05, 3.63) is 41.9 Å². The lowest BCUT2D eigenvalue weighted by atomic mass is 10.3. The number of ether oxygens (including phenoxy) is 2. The second kappa shape index (κ2) is 5.75. The Morgan fingerprint density at radius 3 is 2.70 bits per heavy atom. The molecule has 3 rings (SSSR count). The van der Waals surface area contributed by atoms with Crippen molar-refractivity contribution in [3.8, 4) is 11.6 Å². The number of nitrogens with one attached hydrogen (secondary N) is 1. The fourth-order valence-corrected chi connectivity index (χ4v) is 1.86. The lowest BCUT2D eigenvalue weighted by Gasteiger charge is -2.08. The largest absolute Gasteiger partial charge is 0.490 e. The van der Waals surface area contributed by atoms with Crippen molar-refractivity contribution < 1.29 is 9.47 Å². The van der Waals surface area contributed by atoms with Gasteiger partial charge in [-0.1, -0.05) is 18.2 Å². The molecule has 0 saturated carbocycles. The Hall–Kier alpha value is -2.34. The zero-order valence-corrected chi connectivity index (χ0v) is 11.2. The molecular weight excluding hydrogens is 280 g/mol. The van der Waals surface area contributed by atoms with Crippen LogP contribution in [-0.2, 0) is 0 Å². The van der Waals surface area contributed by atoms with Crippen LogP contribution in [-0.4, -0.2) is 33.1 Å². The number of imidazole rings is 1. The summed E-state index contributed by atoms with van der Waals surface area (Å²) in [5.74, 6) is 1.16. The first kappa shape index (κ1) is 12.7. The smallest absolute Gasteiger partial charge is 0.244 e. The van der Waals surface area contributed by atoms with Crippen molar-refractivity contribution in [2.24, 2.45) is 0 Å². The SMILES string of the molecule is Clc1nc(OCCOc2ccccc2)c2[nH]cnc2n1. The van der Waals surface area contributed by atoms with Gasteiger partial charge in [0.25, 0.3) is 0 Å². The number of aromatic nitrogens is 4. The van der Waals surface area contributed by atoms with Crippen LogP contribution in [0.15, 0.2) is 36.7 Å². The molecular formula is C13H11ClN4O2. The molecule has 2 heterocycles. The van der Waals surface area contributed by atoms with Crippen molar-refractivity contribution in [1.82, 2.24) is 19.9 Å². The molecule has 0 amide bonds. The van der Waals surface area contributed by atoms with Gasteiger partial charge in [-0.3, -0.25) is 0 Å². The van der Waals surface area contributed by atoms with E-state index in [1.807, 2.05) is 30.3 Å². The summed E-state index contributed by atoms with van der Waals surface area (Å²) in [5, 5.41) is 0.101. The van der Waals surface area contributed by atoms with Gasteiger partial charge in [0.1, 0.15) is 24.5 Å². The van der Waals surface area contributed by atoms with Crippen molar-refractivity contribution in [2.45, 2.75) is 0 Å². The van der Waals surface area contributed by atoms with Gasteiger partial charge < -0.3 is 14.5 Å². The van der Waals surface area contributed by atoms with E-state index in [-0.39, 0.29) is 5.28 Å². The number of hydrogen-bond acceptors (Lipinski definition) is 5. The topological polar surface area (TPSA) is 72.9 Å². The van der Waals surface area contributed by atoms with Crippen molar-refractivity contribution in [1.29, 1.82) is 0 Å². The van der Waals surface area contributed by atoms with Crippen LogP contribution in [0.4, 0.5) is 0 Å². The second-order valence-electron chi connectivity index (χ2n) is 3.91. The normalized spacial score (nSPS) is 10.7. The number of rotatable bonds is 5. The minimum atomic E-state index is 0.101. The third-order valence-electron chi connectivity index (χ3n) is 2.56. The molecule has 0 aliphatic carbocycles. The number of H-pyrrole nitrogens is 1. The highest BCUT2D eigenvalue weighted by atomic mass is 35.5. The van der Waals surface area contributed by atoms with Crippen LogP contribution < -0.4 is 9.47 Å². The molecule has 0 aliphatic rings. The highest BCUT2D eigenvalue weighted by Gasteiger charge is 2.09. The summed E-state index contributed by atoms with van der Waals surface area (Å²) < 4.78 is 11.1. The third kappa shape index (κ3) is 2.80. The first-order valence-corrected chi connectivity index (χ1v) is 6.38. The summed E-state index contributed by atoms with van der Waals surface area (Å²) in [7, 11) is 0. The monoisotopic (exact) mass is 290 g/mol. The van der Waals surface area contributed by atoms with E-state index in [4.69, 9.17) is 21.1 Å². The summed E-state index contributed by atoms with van der Waals surface area (Å²) in [6.45, 7) is 0.748. The summed E-state index contributed by atoms with van der Waals surface area (Å²) in [6.07, 6.45) is 1.52.